The van der Waals surface area contributed by atoms with Crippen LogP contribution in [0.3, 0.4) is 0 Å². The zero-order valence-electron chi connectivity index (χ0n) is 14.6. The molecule has 0 saturated heterocycles. The zero-order valence-corrected chi connectivity index (χ0v) is 14.6. The van der Waals surface area contributed by atoms with E-state index in [0.717, 1.165) is 16.2 Å². The standard InChI is InChI=1S/C21H20O5/c1-15(22)25-10-8-24-9-11-26-21(23)19-7-6-18-12-16-4-2-3-5-17(16)13-20(18)14-19/h2-7,12-14H,8-11H2,1H3. The van der Waals surface area contributed by atoms with E-state index in [2.05, 4.69) is 18.2 Å². The maximum absolute atomic E-state index is 12.2. The molecule has 3 aromatic rings. The first-order valence-corrected chi connectivity index (χ1v) is 8.44. The van der Waals surface area contributed by atoms with E-state index in [1.54, 1.807) is 6.07 Å². The molecule has 3 rings (SSSR count). The Morgan fingerprint density at radius 3 is 2.04 bits per heavy atom. The average Bonchev–Trinajstić information content (AvgIpc) is 2.64. The second kappa shape index (κ2) is 8.45. The van der Waals surface area contributed by atoms with E-state index in [4.69, 9.17) is 14.2 Å². The molecule has 26 heavy (non-hydrogen) atoms. The third-order valence-corrected chi connectivity index (χ3v) is 3.93. The van der Waals surface area contributed by atoms with Gasteiger partial charge in [0.05, 0.1) is 18.8 Å². The molecule has 3 aromatic carbocycles. The molecule has 0 radical (unpaired) electrons. The molecule has 134 valence electrons. The van der Waals surface area contributed by atoms with Crippen LogP contribution in [-0.2, 0) is 19.0 Å². The van der Waals surface area contributed by atoms with Gasteiger partial charge in [-0.15, -0.1) is 0 Å². The molecule has 5 heteroatoms. The van der Waals surface area contributed by atoms with Crippen LogP contribution in [0, 0.1) is 0 Å². The summed E-state index contributed by atoms with van der Waals surface area (Å²) in [5.41, 5.74) is 0.507. The molecule has 0 bridgehead atoms. The van der Waals surface area contributed by atoms with Gasteiger partial charge in [-0.05, 0) is 45.8 Å². The van der Waals surface area contributed by atoms with Gasteiger partial charge >= 0.3 is 11.9 Å². The summed E-state index contributed by atoms with van der Waals surface area (Å²) in [6.07, 6.45) is 0. The molecule has 0 fully saturated rings. The highest BCUT2D eigenvalue weighted by atomic mass is 16.6. The van der Waals surface area contributed by atoms with Gasteiger partial charge in [-0.3, -0.25) is 4.79 Å². The first-order chi connectivity index (χ1) is 12.6. The number of esters is 2. The number of benzene rings is 3. The van der Waals surface area contributed by atoms with Crippen LogP contribution in [0.5, 0.6) is 0 Å². The highest BCUT2D eigenvalue weighted by molar-refractivity contribution is 6.01. The topological polar surface area (TPSA) is 61.8 Å². The minimum absolute atomic E-state index is 0.147. The van der Waals surface area contributed by atoms with Crippen molar-refractivity contribution < 1.29 is 23.8 Å². The van der Waals surface area contributed by atoms with Gasteiger partial charge in [0.15, 0.2) is 0 Å². The number of carbonyl (C=O) groups excluding carboxylic acids is 2. The fourth-order valence-electron chi connectivity index (χ4n) is 2.69. The molecule has 0 N–H and O–H groups in total. The van der Waals surface area contributed by atoms with Crippen LogP contribution in [0.1, 0.15) is 17.3 Å². The van der Waals surface area contributed by atoms with Crippen LogP contribution in [0.4, 0.5) is 0 Å². The summed E-state index contributed by atoms with van der Waals surface area (Å²) in [6, 6.07) is 17.8. The normalized spacial score (nSPS) is 10.8. The summed E-state index contributed by atoms with van der Waals surface area (Å²) in [5, 5.41) is 4.37. The van der Waals surface area contributed by atoms with E-state index >= 15 is 0 Å². The Balaban J connectivity index is 1.56. The summed E-state index contributed by atoms with van der Waals surface area (Å²) in [5.74, 6) is -0.729. The van der Waals surface area contributed by atoms with Crippen LogP contribution in [0.25, 0.3) is 21.5 Å². The van der Waals surface area contributed by atoms with Crippen molar-refractivity contribution in [3.8, 4) is 0 Å². The van der Waals surface area contributed by atoms with E-state index in [0.29, 0.717) is 5.56 Å². The molecule has 0 heterocycles. The fraction of sp³-hybridized carbons (Fsp3) is 0.238. The Morgan fingerprint density at radius 2 is 1.35 bits per heavy atom. The fourth-order valence-corrected chi connectivity index (χ4v) is 2.69. The second-order valence-corrected chi connectivity index (χ2v) is 5.85. The number of fused-ring (bicyclic) bond motifs is 2. The molecule has 0 aromatic heterocycles. The number of rotatable bonds is 7. The Morgan fingerprint density at radius 1 is 0.731 bits per heavy atom. The van der Waals surface area contributed by atoms with Crippen molar-refractivity contribution in [2.75, 3.05) is 26.4 Å². The molecule has 0 aliphatic rings. The molecule has 0 amide bonds. The molecule has 5 nitrogen and oxygen atoms in total. The largest absolute Gasteiger partial charge is 0.463 e. The zero-order chi connectivity index (χ0) is 18.4. The summed E-state index contributed by atoms with van der Waals surface area (Å²) >= 11 is 0. The Labute approximate surface area is 151 Å². The van der Waals surface area contributed by atoms with Crippen LogP contribution in [0.15, 0.2) is 54.6 Å². The van der Waals surface area contributed by atoms with Crippen molar-refractivity contribution >= 4 is 33.5 Å². The molecule has 0 spiro atoms. The van der Waals surface area contributed by atoms with Crippen LogP contribution < -0.4 is 0 Å². The van der Waals surface area contributed by atoms with Crippen molar-refractivity contribution in [3.63, 3.8) is 0 Å². The maximum Gasteiger partial charge on any atom is 0.338 e. The summed E-state index contributed by atoms with van der Waals surface area (Å²) in [4.78, 5) is 22.8. The van der Waals surface area contributed by atoms with Crippen molar-refractivity contribution in [1.82, 2.24) is 0 Å². The highest BCUT2D eigenvalue weighted by Gasteiger charge is 2.08. The number of ether oxygens (including phenoxy) is 3. The predicted octanol–water partition coefficient (Wildman–Crippen LogP) is 3.73. The first-order valence-electron chi connectivity index (χ1n) is 8.44. The second-order valence-electron chi connectivity index (χ2n) is 5.85. The van der Waals surface area contributed by atoms with E-state index in [1.807, 2.05) is 30.3 Å². The summed E-state index contributed by atoms with van der Waals surface area (Å²) in [7, 11) is 0. The highest BCUT2D eigenvalue weighted by Crippen LogP contribution is 2.24. The van der Waals surface area contributed by atoms with Gasteiger partial charge in [-0.25, -0.2) is 4.79 Å². The van der Waals surface area contributed by atoms with E-state index < -0.39 is 0 Å². The maximum atomic E-state index is 12.2. The van der Waals surface area contributed by atoms with Crippen molar-refractivity contribution in [2.45, 2.75) is 6.92 Å². The van der Waals surface area contributed by atoms with Crippen molar-refractivity contribution in [1.29, 1.82) is 0 Å². The molecular weight excluding hydrogens is 332 g/mol. The van der Waals surface area contributed by atoms with Crippen LogP contribution in [-0.4, -0.2) is 38.4 Å². The van der Waals surface area contributed by atoms with Crippen LogP contribution in [0.2, 0.25) is 0 Å². The summed E-state index contributed by atoms with van der Waals surface area (Å²) < 4.78 is 15.2. The Hall–Kier alpha value is -2.92. The number of hydrogen-bond acceptors (Lipinski definition) is 5. The van der Waals surface area contributed by atoms with Gasteiger partial charge in [-0.1, -0.05) is 30.3 Å². The first kappa shape index (κ1) is 17.9. The molecule has 0 saturated carbocycles. The minimum atomic E-state index is -0.386. The lowest BCUT2D eigenvalue weighted by molar-refractivity contribution is -0.142. The van der Waals surface area contributed by atoms with Crippen LogP contribution >= 0.6 is 0 Å². The third-order valence-electron chi connectivity index (χ3n) is 3.93. The molecular formula is C21H20O5. The third kappa shape index (κ3) is 4.58. The quantitative estimate of drug-likeness (QED) is 0.368. The van der Waals surface area contributed by atoms with E-state index in [-0.39, 0.29) is 38.4 Å². The van der Waals surface area contributed by atoms with Gasteiger partial charge in [0.1, 0.15) is 13.2 Å². The van der Waals surface area contributed by atoms with Crippen molar-refractivity contribution in [2.24, 2.45) is 0 Å². The number of hydrogen-bond donors (Lipinski definition) is 0. The molecule has 0 unspecified atom stereocenters. The molecule has 0 aliphatic carbocycles. The minimum Gasteiger partial charge on any atom is -0.463 e. The lowest BCUT2D eigenvalue weighted by atomic mass is 10.0. The monoisotopic (exact) mass is 352 g/mol. The van der Waals surface area contributed by atoms with Gasteiger partial charge < -0.3 is 14.2 Å². The van der Waals surface area contributed by atoms with Gasteiger partial charge in [-0.2, -0.15) is 0 Å². The van der Waals surface area contributed by atoms with Crippen molar-refractivity contribution in [3.05, 3.63) is 60.2 Å². The average molecular weight is 352 g/mol. The smallest absolute Gasteiger partial charge is 0.338 e. The van der Waals surface area contributed by atoms with Gasteiger partial charge in [0, 0.05) is 6.92 Å². The number of carbonyl (C=O) groups is 2. The molecule has 0 atom stereocenters. The Bertz CT molecular complexity index is 932. The van der Waals surface area contributed by atoms with Gasteiger partial charge in [0.25, 0.3) is 0 Å². The SMILES string of the molecule is CC(=O)OCCOCCOC(=O)c1ccc2cc3ccccc3cc2c1. The lowest BCUT2D eigenvalue weighted by Crippen LogP contribution is -2.13. The van der Waals surface area contributed by atoms with Gasteiger partial charge in [0.2, 0.25) is 0 Å². The van der Waals surface area contributed by atoms with E-state index in [9.17, 15) is 9.59 Å². The molecule has 0 aliphatic heterocycles. The summed E-state index contributed by atoms with van der Waals surface area (Å²) in [6.45, 7) is 2.22. The lowest BCUT2D eigenvalue weighted by Gasteiger charge is -2.08. The predicted molar refractivity (Wildman–Crippen MR) is 99.2 cm³/mol. The van der Waals surface area contributed by atoms with E-state index in [1.165, 1.54) is 12.3 Å². The Kier molecular flexibility index (Phi) is 5.81.